The molecule has 0 saturated carbocycles. The fourth-order valence-corrected chi connectivity index (χ4v) is 2.85. The molecule has 1 aromatic rings. The molecule has 0 aromatic heterocycles. The molecule has 1 aliphatic heterocycles. The van der Waals surface area contributed by atoms with E-state index in [1.807, 2.05) is 0 Å². The number of carbonyl (C=O) groups is 2. The van der Waals surface area contributed by atoms with Crippen molar-refractivity contribution in [1.82, 2.24) is 0 Å². The first-order valence-electron chi connectivity index (χ1n) is 8.06. The van der Waals surface area contributed by atoms with E-state index in [1.165, 1.54) is 7.11 Å². The van der Waals surface area contributed by atoms with Crippen LogP contribution in [0, 0.1) is 0 Å². The maximum Gasteiger partial charge on any atom is 0.310 e. The summed E-state index contributed by atoms with van der Waals surface area (Å²) in [5, 5.41) is 0. The van der Waals surface area contributed by atoms with Crippen LogP contribution in [-0.4, -0.2) is 32.1 Å². The quantitative estimate of drug-likeness (QED) is 0.569. The van der Waals surface area contributed by atoms with E-state index in [4.69, 9.17) is 14.2 Å². The van der Waals surface area contributed by atoms with Gasteiger partial charge in [-0.3, -0.25) is 9.59 Å². The fraction of sp³-hybridized carbons (Fsp3) is 0.556. The predicted molar refractivity (Wildman–Crippen MR) is 86.2 cm³/mol. The Bertz CT molecular complexity index is 579. The number of fused-ring (bicyclic) bond motifs is 1. The highest BCUT2D eigenvalue weighted by Crippen LogP contribution is 2.36. The molecule has 0 radical (unpaired) electrons. The van der Waals surface area contributed by atoms with E-state index in [-0.39, 0.29) is 18.3 Å². The summed E-state index contributed by atoms with van der Waals surface area (Å²) in [5.41, 5.74) is 1.09. The van der Waals surface area contributed by atoms with Crippen molar-refractivity contribution >= 4 is 11.8 Å². The monoisotopic (exact) mass is 320 g/mol. The first-order valence-corrected chi connectivity index (χ1v) is 8.06. The van der Waals surface area contributed by atoms with Crippen LogP contribution in [0.2, 0.25) is 0 Å². The van der Waals surface area contributed by atoms with Crippen LogP contribution >= 0.6 is 0 Å². The second kappa shape index (κ2) is 7.99. The van der Waals surface area contributed by atoms with Crippen molar-refractivity contribution in [3.63, 3.8) is 0 Å². The van der Waals surface area contributed by atoms with Gasteiger partial charge in [0, 0.05) is 12.5 Å². The molecule has 0 amide bonds. The van der Waals surface area contributed by atoms with Crippen LogP contribution in [0.5, 0.6) is 11.5 Å². The molecule has 1 heterocycles. The van der Waals surface area contributed by atoms with Crippen molar-refractivity contribution in [2.75, 3.05) is 14.2 Å². The lowest BCUT2D eigenvalue weighted by Gasteiger charge is -2.27. The van der Waals surface area contributed by atoms with Crippen LogP contribution in [0.25, 0.3) is 0 Å². The van der Waals surface area contributed by atoms with Crippen molar-refractivity contribution in [3.05, 3.63) is 23.3 Å². The second-order valence-corrected chi connectivity index (χ2v) is 5.78. The molecule has 1 aromatic carbocycles. The van der Waals surface area contributed by atoms with E-state index in [1.54, 1.807) is 19.2 Å². The zero-order chi connectivity index (χ0) is 16.8. The lowest BCUT2D eigenvalue weighted by molar-refractivity contribution is -0.139. The van der Waals surface area contributed by atoms with Gasteiger partial charge in [-0.1, -0.05) is 19.8 Å². The van der Waals surface area contributed by atoms with Crippen molar-refractivity contribution < 1.29 is 23.8 Å². The molecule has 1 aliphatic rings. The van der Waals surface area contributed by atoms with E-state index in [0.29, 0.717) is 29.0 Å². The lowest BCUT2D eigenvalue weighted by atomic mass is 9.92. The summed E-state index contributed by atoms with van der Waals surface area (Å²) >= 11 is 0. The maximum atomic E-state index is 12.5. The number of methoxy groups -OCH3 is 2. The number of rotatable bonds is 7. The molecule has 0 saturated heterocycles. The van der Waals surface area contributed by atoms with Gasteiger partial charge in [0.1, 0.15) is 17.6 Å². The Morgan fingerprint density at radius 1 is 1.30 bits per heavy atom. The maximum absolute atomic E-state index is 12.5. The van der Waals surface area contributed by atoms with Gasteiger partial charge in [-0.15, -0.1) is 0 Å². The zero-order valence-corrected chi connectivity index (χ0v) is 14.0. The molecule has 126 valence electrons. The summed E-state index contributed by atoms with van der Waals surface area (Å²) in [5.74, 6) is 0.721. The van der Waals surface area contributed by atoms with Crippen LogP contribution < -0.4 is 9.47 Å². The van der Waals surface area contributed by atoms with Crippen LogP contribution in [0.15, 0.2) is 12.1 Å². The standard InChI is InChI=1S/C18H24O5/c1-4-5-6-7-13-10-15(19)18-12(9-17(20)22-3)8-14(21-2)11-16(18)23-13/h8,11,13H,4-7,9-10H2,1-3H3. The predicted octanol–water partition coefficient (Wildman–Crippen LogP) is 3.32. The van der Waals surface area contributed by atoms with E-state index >= 15 is 0 Å². The number of ether oxygens (including phenoxy) is 3. The SMILES string of the molecule is CCCCCC1CC(=O)c2c(CC(=O)OC)cc(OC)cc2O1. The lowest BCUT2D eigenvalue weighted by Crippen LogP contribution is -2.28. The van der Waals surface area contributed by atoms with Crippen LogP contribution in [-0.2, 0) is 16.0 Å². The first kappa shape index (κ1) is 17.3. The Kier molecular flexibility index (Phi) is 6.02. The van der Waals surface area contributed by atoms with Crippen LogP contribution in [0.3, 0.4) is 0 Å². The average molecular weight is 320 g/mol. The zero-order valence-electron chi connectivity index (χ0n) is 14.0. The van der Waals surface area contributed by atoms with Gasteiger partial charge in [0.25, 0.3) is 0 Å². The third-order valence-electron chi connectivity index (χ3n) is 4.07. The topological polar surface area (TPSA) is 61.8 Å². The minimum atomic E-state index is -0.390. The van der Waals surface area contributed by atoms with Gasteiger partial charge in [-0.05, 0) is 24.5 Å². The van der Waals surface area contributed by atoms with Crippen molar-refractivity contribution in [2.45, 2.75) is 51.6 Å². The van der Waals surface area contributed by atoms with Gasteiger partial charge in [0.2, 0.25) is 0 Å². The second-order valence-electron chi connectivity index (χ2n) is 5.78. The number of ketones is 1. The van der Waals surface area contributed by atoms with Crippen LogP contribution in [0.1, 0.15) is 54.9 Å². The molecule has 0 aliphatic carbocycles. The molecular weight excluding hydrogens is 296 g/mol. The van der Waals surface area contributed by atoms with E-state index in [9.17, 15) is 9.59 Å². The smallest absolute Gasteiger partial charge is 0.310 e. The van der Waals surface area contributed by atoms with Gasteiger partial charge in [0.15, 0.2) is 5.78 Å². The number of esters is 1. The number of hydrogen-bond donors (Lipinski definition) is 0. The minimum Gasteiger partial charge on any atom is -0.497 e. The van der Waals surface area contributed by atoms with Gasteiger partial charge >= 0.3 is 5.97 Å². The molecule has 5 heteroatoms. The van der Waals surface area contributed by atoms with Crippen molar-refractivity contribution in [2.24, 2.45) is 0 Å². The number of unbranched alkanes of at least 4 members (excludes halogenated alkanes) is 2. The Balaban J connectivity index is 2.27. The van der Waals surface area contributed by atoms with E-state index in [0.717, 1.165) is 25.7 Å². The Morgan fingerprint density at radius 2 is 2.09 bits per heavy atom. The Labute approximate surface area is 136 Å². The summed E-state index contributed by atoms with van der Waals surface area (Å²) in [6.07, 6.45) is 4.47. The van der Waals surface area contributed by atoms with Gasteiger partial charge in [-0.25, -0.2) is 0 Å². The van der Waals surface area contributed by atoms with Gasteiger partial charge in [-0.2, -0.15) is 0 Å². The molecule has 1 unspecified atom stereocenters. The summed E-state index contributed by atoms with van der Waals surface area (Å²) in [4.78, 5) is 24.1. The fourth-order valence-electron chi connectivity index (χ4n) is 2.85. The first-order chi connectivity index (χ1) is 11.1. The molecule has 5 nitrogen and oxygen atoms in total. The summed E-state index contributed by atoms with van der Waals surface area (Å²) in [6, 6.07) is 3.43. The van der Waals surface area contributed by atoms with E-state index in [2.05, 4.69) is 6.92 Å². The van der Waals surface area contributed by atoms with Crippen molar-refractivity contribution in [3.8, 4) is 11.5 Å². The summed E-state index contributed by atoms with van der Waals surface area (Å²) < 4.78 is 16.0. The Morgan fingerprint density at radius 3 is 2.74 bits per heavy atom. The normalized spacial score (nSPS) is 16.5. The molecule has 2 rings (SSSR count). The van der Waals surface area contributed by atoms with Crippen LogP contribution in [0.4, 0.5) is 0 Å². The third-order valence-corrected chi connectivity index (χ3v) is 4.07. The molecule has 1 atom stereocenters. The number of hydrogen-bond acceptors (Lipinski definition) is 5. The third kappa shape index (κ3) is 4.24. The highest BCUT2D eigenvalue weighted by molar-refractivity contribution is 6.02. The largest absolute Gasteiger partial charge is 0.497 e. The highest BCUT2D eigenvalue weighted by atomic mass is 16.5. The number of benzene rings is 1. The van der Waals surface area contributed by atoms with E-state index < -0.39 is 5.97 Å². The number of Topliss-reactive ketones (excluding diaryl/α,β-unsaturated/α-hetero) is 1. The Hall–Kier alpha value is -2.04. The summed E-state index contributed by atoms with van der Waals surface area (Å²) in [7, 11) is 2.88. The molecule has 23 heavy (non-hydrogen) atoms. The molecule has 0 spiro atoms. The molecular formula is C18H24O5. The highest BCUT2D eigenvalue weighted by Gasteiger charge is 2.30. The minimum absolute atomic E-state index is 0.0225. The summed E-state index contributed by atoms with van der Waals surface area (Å²) in [6.45, 7) is 2.14. The average Bonchev–Trinajstić information content (AvgIpc) is 2.54. The van der Waals surface area contributed by atoms with Gasteiger partial charge in [0.05, 0.1) is 26.2 Å². The van der Waals surface area contributed by atoms with Gasteiger partial charge < -0.3 is 14.2 Å². The molecule has 0 fully saturated rings. The van der Waals surface area contributed by atoms with Crippen molar-refractivity contribution in [1.29, 1.82) is 0 Å². The number of carbonyl (C=O) groups excluding carboxylic acids is 2. The molecule has 0 N–H and O–H groups in total. The molecule has 0 bridgehead atoms.